The summed E-state index contributed by atoms with van der Waals surface area (Å²) in [6.45, 7) is 4.24. The third kappa shape index (κ3) is 2.45. The van der Waals surface area contributed by atoms with Crippen molar-refractivity contribution in [2.75, 3.05) is 5.32 Å². The van der Waals surface area contributed by atoms with E-state index >= 15 is 0 Å². The Bertz CT molecular complexity index is 751. The van der Waals surface area contributed by atoms with E-state index in [0.717, 1.165) is 15.9 Å². The molecule has 20 heavy (non-hydrogen) atoms. The number of nitrogens with zero attached hydrogens (tertiary/aromatic N) is 1. The van der Waals surface area contributed by atoms with Gasteiger partial charge in [-0.2, -0.15) is 0 Å². The number of thiazole rings is 1. The Hall–Kier alpha value is -1.39. The van der Waals surface area contributed by atoms with Gasteiger partial charge in [-0.25, -0.2) is 4.98 Å². The minimum atomic E-state index is 0.257. The number of fused-ring (bicyclic) bond motifs is 1. The number of aromatic nitrogens is 1. The topological polar surface area (TPSA) is 24.9 Å². The molecule has 0 aliphatic rings. The van der Waals surface area contributed by atoms with Crippen LogP contribution >= 0.6 is 27.3 Å². The first-order valence-corrected chi connectivity index (χ1v) is 8.18. The van der Waals surface area contributed by atoms with Gasteiger partial charge in [0.15, 0.2) is 0 Å². The minimum absolute atomic E-state index is 0.257. The van der Waals surface area contributed by atoms with Crippen molar-refractivity contribution in [3.05, 3.63) is 57.0 Å². The number of anilines is 1. The van der Waals surface area contributed by atoms with E-state index in [1.165, 1.54) is 15.6 Å². The fourth-order valence-electron chi connectivity index (χ4n) is 2.41. The summed E-state index contributed by atoms with van der Waals surface area (Å²) in [6, 6.07) is 12.9. The lowest BCUT2D eigenvalue weighted by Gasteiger charge is -2.17. The normalized spacial score (nSPS) is 12.6. The van der Waals surface area contributed by atoms with Crippen molar-refractivity contribution in [3.8, 4) is 0 Å². The number of hydrogen-bond donors (Lipinski definition) is 1. The van der Waals surface area contributed by atoms with Crippen molar-refractivity contribution in [2.24, 2.45) is 0 Å². The molecule has 4 heteroatoms. The summed E-state index contributed by atoms with van der Waals surface area (Å²) in [5.74, 6) is 0. The molecular formula is C16H15BrN2S. The number of benzene rings is 2. The molecule has 1 N–H and O–H groups in total. The summed E-state index contributed by atoms with van der Waals surface area (Å²) in [4.78, 5) is 5.62. The summed E-state index contributed by atoms with van der Waals surface area (Å²) in [7, 11) is 0. The van der Waals surface area contributed by atoms with Gasteiger partial charge in [0.2, 0.25) is 0 Å². The molecule has 0 aliphatic heterocycles. The maximum atomic E-state index is 4.33. The highest BCUT2D eigenvalue weighted by molar-refractivity contribution is 9.10. The molecule has 102 valence electrons. The van der Waals surface area contributed by atoms with Gasteiger partial charge in [0.1, 0.15) is 0 Å². The minimum Gasteiger partial charge on any atom is -0.377 e. The Kier molecular flexibility index (Phi) is 3.76. The maximum absolute atomic E-state index is 4.33. The summed E-state index contributed by atoms with van der Waals surface area (Å²) in [5, 5.41) is 6.06. The molecule has 1 heterocycles. The molecule has 2 aromatic carbocycles. The fraction of sp³-hybridized carbons (Fsp3) is 0.188. The maximum Gasteiger partial charge on any atom is 0.0798 e. The molecular weight excluding hydrogens is 332 g/mol. The predicted octanol–water partition coefficient (Wildman–Crippen LogP) is 5.54. The summed E-state index contributed by atoms with van der Waals surface area (Å²) in [6.07, 6.45) is 0. The van der Waals surface area contributed by atoms with Crippen LogP contribution in [0.3, 0.4) is 0 Å². The molecule has 0 amide bonds. The summed E-state index contributed by atoms with van der Waals surface area (Å²) < 4.78 is 1.13. The molecule has 0 spiro atoms. The van der Waals surface area contributed by atoms with Gasteiger partial charge < -0.3 is 5.32 Å². The first-order valence-electron chi connectivity index (χ1n) is 6.50. The molecule has 0 fully saturated rings. The quantitative estimate of drug-likeness (QED) is 0.673. The van der Waals surface area contributed by atoms with Crippen LogP contribution < -0.4 is 5.32 Å². The lowest BCUT2D eigenvalue weighted by molar-refractivity contribution is 0.892. The zero-order valence-electron chi connectivity index (χ0n) is 11.4. The van der Waals surface area contributed by atoms with Crippen LogP contribution in [0.5, 0.6) is 0 Å². The number of rotatable bonds is 3. The van der Waals surface area contributed by atoms with Crippen LogP contribution in [-0.4, -0.2) is 4.98 Å². The molecule has 0 saturated carbocycles. The summed E-state index contributed by atoms with van der Waals surface area (Å²) >= 11 is 5.31. The number of halogens is 1. The van der Waals surface area contributed by atoms with Gasteiger partial charge in [-0.15, -0.1) is 11.3 Å². The highest BCUT2D eigenvalue weighted by atomic mass is 79.9. The molecule has 2 nitrogen and oxygen atoms in total. The Morgan fingerprint density at radius 1 is 1.15 bits per heavy atom. The van der Waals surface area contributed by atoms with E-state index in [2.05, 4.69) is 76.5 Å². The van der Waals surface area contributed by atoms with E-state index in [4.69, 9.17) is 0 Å². The number of hydrogen-bond acceptors (Lipinski definition) is 3. The first kappa shape index (κ1) is 13.6. The van der Waals surface area contributed by atoms with Gasteiger partial charge in [-0.3, -0.25) is 0 Å². The second-order valence-corrected chi connectivity index (χ2v) is 6.55. The van der Waals surface area contributed by atoms with Crippen molar-refractivity contribution in [1.29, 1.82) is 0 Å². The Labute approximate surface area is 131 Å². The molecule has 0 radical (unpaired) electrons. The molecule has 0 saturated heterocycles. The van der Waals surface area contributed by atoms with E-state index in [1.54, 1.807) is 11.3 Å². The second-order valence-electron chi connectivity index (χ2n) is 4.81. The summed E-state index contributed by atoms with van der Waals surface area (Å²) in [5.41, 5.74) is 4.17. The SMILES string of the molecule is Cc1ncsc1C(C)Nc1ccc(Br)c2ccccc12. The largest absolute Gasteiger partial charge is 0.377 e. The first-order chi connectivity index (χ1) is 9.66. The average Bonchev–Trinajstić information content (AvgIpc) is 2.88. The van der Waals surface area contributed by atoms with Crippen LogP contribution in [0.25, 0.3) is 10.8 Å². The van der Waals surface area contributed by atoms with Crippen LogP contribution in [0.1, 0.15) is 23.5 Å². The van der Waals surface area contributed by atoms with Crippen LogP contribution in [0, 0.1) is 6.92 Å². The van der Waals surface area contributed by atoms with E-state index < -0.39 is 0 Å². The van der Waals surface area contributed by atoms with Gasteiger partial charge in [0.05, 0.1) is 17.2 Å². The van der Waals surface area contributed by atoms with Crippen molar-refractivity contribution in [3.63, 3.8) is 0 Å². The lowest BCUT2D eigenvalue weighted by atomic mass is 10.1. The van der Waals surface area contributed by atoms with Crippen LogP contribution in [-0.2, 0) is 0 Å². The molecule has 3 rings (SSSR count). The van der Waals surface area contributed by atoms with E-state index in [9.17, 15) is 0 Å². The molecule has 0 aliphatic carbocycles. The third-order valence-electron chi connectivity index (χ3n) is 3.42. The lowest BCUT2D eigenvalue weighted by Crippen LogP contribution is -2.06. The van der Waals surface area contributed by atoms with Gasteiger partial charge >= 0.3 is 0 Å². The predicted molar refractivity (Wildman–Crippen MR) is 90.5 cm³/mol. The highest BCUT2D eigenvalue weighted by Crippen LogP contribution is 2.33. The standard InChI is InChI=1S/C16H15BrN2S/c1-10-16(20-9-18-10)11(2)19-15-8-7-14(17)12-5-3-4-6-13(12)15/h3-9,11,19H,1-2H3. The Morgan fingerprint density at radius 2 is 1.90 bits per heavy atom. The van der Waals surface area contributed by atoms with E-state index in [-0.39, 0.29) is 6.04 Å². The van der Waals surface area contributed by atoms with Crippen molar-refractivity contribution in [2.45, 2.75) is 19.9 Å². The van der Waals surface area contributed by atoms with Gasteiger partial charge in [0, 0.05) is 20.4 Å². The molecule has 1 aromatic heterocycles. The molecule has 1 atom stereocenters. The van der Waals surface area contributed by atoms with Crippen molar-refractivity contribution >= 4 is 43.7 Å². The van der Waals surface area contributed by atoms with Crippen LogP contribution in [0.4, 0.5) is 5.69 Å². The highest BCUT2D eigenvalue weighted by Gasteiger charge is 2.12. The Balaban J connectivity index is 1.99. The number of nitrogens with one attached hydrogen (secondary N) is 1. The number of aryl methyl sites for hydroxylation is 1. The van der Waals surface area contributed by atoms with Crippen LogP contribution in [0.15, 0.2) is 46.4 Å². The second kappa shape index (κ2) is 5.54. The zero-order valence-corrected chi connectivity index (χ0v) is 13.8. The van der Waals surface area contributed by atoms with E-state index in [0.29, 0.717) is 0 Å². The van der Waals surface area contributed by atoms with Gasteiger partial charge in [-0.1, -0.05) is 40.2 Å². The van der Waals surface area contributed by atoms with E-state index in [1.807, 2.05) is 5.51 Å². The fourth-order valence-corrected chi connectivity index (χ4v) is 3.70. The van der Waals surface area contributed by atoms with Crippen molar-refractivity contribution in [1.82, 2.24) is 4.98 Å². The zero-order chi connectivity index (χ0) is 14.1. The molecule has 3 aromatic rings. The Morgan fingerprint density at radius 3 is 2.60 bits per heavy atom. The smallest absolute Gasteiger partial charge is 0.0798 e. The van der Waals surface area contributed by atoms with Gasteiger partial charge in [-0.05, 0) is 31.4 Å². The monoisotopic (exact) mass is 346 g/mol. The van der Waals surface area contributed by atoms with Crippen LogP contribution in [0.2, 0.25) is 0 Å². The molecule has 0 bridgehead atoms. The van der Waals surface area contributed by atoms with Gasteiger partial charge in [0.25, 0.3) is 0 Å². The van der Waals surface area contributed by atoms with Crippen molar-refractivity contribution < 1.29 is 0 Å². The third-order valence-corrected chi connectivity index (χ3v) is 5.22. The molecule has 1 unspecified atom stereocenters. The average molecular weight is 347 g/mol.